The normalized spacial score (nSPS) is 15.7. The second kappa shape index (κ2) is 4.74. The van der Waals surface area contributed by atoms with Crippen molar-refractivity contribution in [3.8, 4) is 0 Å². The fraction of sp³-hybridized carbons (Fsp3) is 0.600. The fourth-order valence-electron chi connectivity index (χ4n) is 1.08. The predicted octanol–water partition coefficient (Wildman–Crippen LogP) is 1.94. The molecule has 0 radical (unpaired) electrons. The average Bonchev–Trinajstić information content (AvgIpc) is 2.64. The highest BCUT2D eigenvalue weighted by Crippen LogP contribution is 2.27. The molecule has 2 N–H and O–H groups in total. The highest BCUT2D eigenvalue weighted by atomic mass is 32.1. The SMILES string of the molecule is CC(CO)c1csc(C(C)CO)c1. The summed E-state index contributed by atoms with van der Waals surface area (Å²) in [6, 6.07) is 2.08. The van der Waals surface area contributed by atoms with Crippen molar-refractivity contribution in [3.63, 3.8) is 0 Å². The Labute approximate surface area is 82.8 Å². The molecule has 3 heteroatoms. The van der Waals surface area contributed by atoms with Gasteiger partial charge in [-0.3, -0.25) is 0 Å². The molecule has 0 aliphatic rings. The van der Waals surface area contributed by atoms with E-state index < -0.39 is 0 Å². The van der Waals surface area contributed by atoms with Gasteiger partial charge in [0.25, 0.3) is 0 Å². The Bertz CT molecular complexity index is 233. The third-order valence-corrected chi connectivity index (χ3v) is 3.42. The van der Waals surface area contributed by atoms with E-state index in [2.05, 4.69) is 11.4 Å². The minimum atomic E-state index is 0.184. The van der Waals surface area contributed by atoms with Crippen LogP contribution in [-0.4, -0.2) is 23.4 Å². The smallest absolute Gasteiger partial charge is 0.0504 e. The zero-order chi connectivity index (χ0) is 9.84. The second-order valence-corrected chi connectivity index (χ2v) is 4.39. The predicted molar refractivity (Wildman–Crippen MR) is 55.3 cm³/mol. The summed E-state index contributed by atoms with van der Waals surface area (Å²) in [4.78, 5) is 1.19. The monoisotopic (exact) mass is 200 g/mol. The van der Waals surface area contributed by atoms with E-state index in [1.807, 2.05) is 13.8 Å². The molecule has 1 aromatic rings. The molecule has 0 spiro atoms. The van der Waals surface area contributed by atoms with Gasteiger partial charge in [-0.25, -0.2) is 0 Å². The first-order valence-electron chi connectivity index (χ1n) is 4.49. The van der Waals surface area contributed by atoms with Gasteiger partial charge in [-0.2, -0.15) is 0 Å². The van der Waals surface area contributed by atoms with Crippen molar-refractivity contribution in [3.05, 3.63) is 21.9 Å². The fourth-order valence-corrected chi connectivity index (χ4v) is 2.16. The van der Waals surface area contributed by atoms with Gasteiger partial charge in [-0.15, -0.1) is 11.3 Å². The molecule has 2 unspecified atom stereocenters. The van der Waals surface area contributed by atoms with E-state index in [9.17, 15) is 0 Å². The largest absolute Gasteiger partial charge is 0.396 e. The standard InChI is InChI=1S/C10H16O2S/c1-7(4-11)9-3-10(13-6-9)8(2)5-12/h3,6-8,11-12H,4-5H2,1-2H3. The zero-order valence-electron chi connectivity index (χ0n) is 8.03. The van der Waals surface area contributed by atoms with E-state index in [0.717, 1.165) is 0 Å². The van der Waals surface area contributed by atoms with Crippen LogP contribution < -0.4 is 0 Å². The second-order valence-electron chi connectivity index (χ2n) is 3.45. The molecule has 74 valence electrons. The van der Waals surface area contributed by atoms with E-state index in [4.69, 9.17) is 10.2 Å². The van der Waals surface area contributed by atoms with Crippen LogP contribution in [0.3, 0.4) is 0 Å². The number of thiophene rings is 1. The maximum Gasteiger partial charge on any atom is 0.0504 e. The summed E-state index contributed by atoms with van der Waals surface area (Å²) in [6.07, 6.45) is 0. The number of rotatable bonds is 4. The molecule has 2 nitrogen and oxygen atoms in total. The highest BCUT2D eigenvalue weighted by Gasteiger charge is 2.10. The third-order valence-electron chi connectivity index (χ3n) is 2.24. The van der Waals surface area contributed by atoms with Crippen molar-refractivity contribution in [2.75, 3.05) is 13.2 Å². The first kappa shape index (κ1) is 10.7. The Morgan fingerprint density at radius 3 is 2.38 bits per heavy atom. The number of hydrogen-bond acceptors (Lipinski definition) is 3. The van der Waals surface area contributed by atoms with Crippen molar-refractivity contribution in [1.29, 1.82) is 0 Å². The van der Waals surface area contributed by atoms with Crippen molar-refractivity contribution in [2.45, 2.75) is 25.7 Å². The molecule has 1 aromatic heterocycles. The molecular weight excluding hydrogens is 184 g/mol. The molecule has 0 bridgehead atoms. The summed E-state index contributed by atoms with van der Waals surface area (Å²) in [6.45, 7) is 4.37. The van der Waals surface area contributed by atoms with Gasteiger partial charge >= 0.3 is 0 Å². The van der Waals surface area contributed by atoms with Crippen molar-refractivity contribution in [2.24, 2.45) is 0 Å². The Morgan fingerprint density at radius 2 is 1.85 bits per heavy atom. The van der Waals surface area contributed by atoms with Gasteiger partial charge in [-0.05, 0) is 17.0 Å². The van der Waals surface area contributed by atoms with E-state index in [1.54, 1.807) is 11.3 Å². The molecule has 0 fully saturated rings. The summed E-state index contributed by atoms with van der Waals surface area (Å²) >= 11 is 1.65. The molecule has 1 heterocycles. The van der Waals surface area contributed by atoms with Crippen LogP contribution in [0.4, 0.5) is 0 Å². The maximum atomic E-state index is 8.95. The van der Waals surface area contributed by atoms with Crippen LogP contribution in [0.25, 0.3) is 0 Å². The molecule has 0 saturated carbocycles. The highest BCUT2D eigenvalue weighted by molar-refractivity contribution is 7.10. The first-order chi connectivity index (χ1) is 6.19. The Balaban J connectivity index is 2.74. The van der Waals surface area contributed by atoms with Gasteiger partial charge in [0.2, 0.25) is 0 Å². The molecule has 2 atom stereocenters. The molecule has 0 aromatic carbocycles. The molecule has 0 saturated heterocycles. The average molecular weight is 200 g/mol. The summed E-state index contributed by atoms with van der Waals surface area (Å²) < 4.78 is 0. The summed E-state index contributed by atoms with van der Waals surface area (Å²) in [5.74, 6) is 0.417. The molecule has 1 rings (SSSR count). The van der Waals surface area contributed by atoms with Crippen LogP contribution in [0.2, 0.25) is 0 Å². The lowest BCUT2D eigenvalue weighted by molar-refractivity contribution is 0.272. The van der Waals surface area contributed by atoms with Crippen LogP contribution in [0, 0.1) is 0 Å². The van der Waals surface area contributed by atoms with Gasteiger partial charge in [-0.1, -0.05) is 13.8 Å². The quantitative estimate of drug-likeness (QED) is 0.779. The van der Waals surface area contributed by atoms with Crippen molar-refractivity contribution < 1.29 is 10.2 Å². The Hall–Kier alpha value is -0.380. The lowest BCUT2D eigenvalue weighted by Crippen LogP contribution is -1.98. The van der Waals surface area contributed by atoms with Crippen LogP contribution >= 0.6 is 11.3 Å². The van der Waals surface area contributed by atoms with Gasteiger partial charge < -0.3 is 10.2 Å². The topological polar surface area (TPSA) is 40.5 Å². The van der Waals surface area contributed by atoms with E-state index >= 15 is 0 Å². The van der Waals surface area contributed by atoms with Crippen LogP contribution in [-0.2, 0) is 0 Å². The molecular formula is C10H16O2S. The van der Waals surface area contributed by atoms with Gasteiger partial charge in [0, 0.05) is 23.3 Å². The maximum absolute atomic E-state index is 8.95. The number of aliphatic hydroxyl groups excluding tert-OH is 2. The third kappa shape index (κ3) is 2.53. The van der Waals surface area contributed by atoms with Gasteiger partial charge in [0.1, 0.15) is 0 Å². The van der Waals surface area contributed by atoms with Crippen LogP contribution in [0.5, 0.6) is 0 Å². The lowest BCUT2D eigenvalue weighted by atomic mass is 10.0. The minimum absolute atomic E-state index is 0.184. The summed E-state index contributed by atoms with van der Waals surface area (Å²) in [5, 5.41) is 20.0. The number of aliphatic hydroxyl groups is 2. The molecule has 0 aliphatic carbocycles. The molecule has 0 amide bonds. The molecule has 0 aliphatic heterocycles. The van der Waals surface area contributed by atoms with Crippen LogP contribution in [0.15, 0.2) is 11.4 Å². The molecule has 13 heavy (non-hydrogen) atoms. The van der Waals surface area contributed by atoms with Crippen LogP contribution in [0.1, 0.15) is 36.1 Å². The van der Waals surface area contributed by atoms with E-state index in [-0.39, 0.29) is 25.0 Å². The Kier molecular flexibility index (Phi) is 3.90. The van der Waals surface area contributed by atoms with E-state index in [1.165, 1.54) is 10.4 Å². The zero-order valence-corrected chi connectivity index (χ0v) is 8.84. The summed E-state index contributed by atoms with van der Waals surface area (Å²) in [7, 11) is 0. The van der Waals surface area contributed by atoms with E-state index in [0.29, 0.717) is 0 Å². The van der Waals surface area contributed by atoms with Crippen molar-refractivity contribution >= 4 is 11.3 Å². The first-order valence-corrected chi connectivity index (χ1v) is 5.37. The lowest BCUT2D eigenvalue weighted by Gasteiger charge is -2.05. The van der Waals surface area contributed by atoms with Gasteiger partial charge in [0.05, 0.1) is 6.61 Å². The van der Waals surface area contributed by atoms with Crippen molar-refractivity contribution in [1.82, 2.24) is 0 Å². The number of hydrogen-bond donors (Lipinski definition) is 2. The Morgan fingerprint density at radius 1 is 1.23 bits per heavy atom. The van der Waals surface area contributed by atoms with Gasteiger partial charge in [0.15, 0.2) is 0 Å². The minimum Gasteiger partial charge on any atom is -0.396 e. The summed E-state index contributed by atoms with van der Waals surface area (Å²) in [5.41, 5.74) is 1.17.